The van der Waals surface area contributed by atoms with Gasteiger partial charge in [-0.15, -0.1) is 12.4 Å². The van der Waals surface area contributed by atoms with Gasteiger partial charge in [0.1, 0.15) is 5.82 Å². The molecule has 0 bridgehead atoms. The van der Waals surface area contributed by atoms with E-state index in [2.05, 4.69) is 33.4 Å². The van der Waals surface area contributed by atoms with Gasteiger partial charge in [0.2, 0.25) is 5.91 Å². The van der Waals surface area contributed by atoms with Gasteiger partial charge >= 0.3 is 0 Å². The van der Waals surface area contributed by atoms with Crippen molar-refractivity contribution in [1.29, 1.82) is 0 Å². The van der Waals surface area contributed by atoms with Crippen LogP contribution in [0.5, 0.6) is 0 Å². The van der Waals surface area contributed by atoms with Gasteiger partial charge in [-0.3, -0.25) is 9.78 Å². The van der Waals surface area contributed by atoms with Gasteiger partial charge in [-0.2, -0.15) is 0 Å². The van der Waals surface area contributed by atoms with E-state index in [-0.39, 0.29) is 30.3 Å². The fourth-order valence-electron chi connectivity index (χ4n) is 5.86. The predicted molar refractivity (Wildman–Crippen MR) is 149 cm³/mol. The maximum atomic E-state index is 12.4. The van der Waals surface area contributed by atoms with E-state index in [0.29, 0.717) is 5.82 Å². The average molecular weight is 506 g/mol. The highest BCUT2D eigenvalue weighted by atomic mass is 35.5. The highest BCUT2D eigenvalue weighted by Crippen LogP contribution is 2.38. The number of fused-ring (bicyclic) bond motifs is 2. The molecule has 7 heteroatoms. The normalized spacial score (nSPS) is 20.1. The molecule has 2 fully saturated rings. The third-order valence-corrected chi connectivity index (χ3v) is 8.09. The molecule has 1 saturated heterocycles. The average Bonchev–Trinajstić information content (AvgIpc) is 3.23. The number of nitrogens with zero attached hydrogens (tertiary/aromatic N) is 3. The van der Waals surface area contributed by atoms with Crippen molar-refractivity contribution in [2.75, 3.05) is 23.3 Å². The largest absolute Gasteiger partial charge is 0.369 e. The molecule has 0 spiro atoms. The molecule has 1 aliphatic heterocycles. The number of aryl methyl sites for hydroxylation is 1. The smallest absolute Gasteiger partial charge is 0.228 e. The lowest BCUT2D eigenvalue weighted by molar-refractivity contribution is -0.122. The van der Waals surface area contributed by atoms with Gasteiger partial charge in [0.05, 0.1) is 11.2 Å². The summed E-state index contributed by atoms with van der Waals surface area (Å²) in [4.78, 5) is 24.5. The number of nitrogens with two attached hydrogens (primary N) is 1. The van der Waals surface area contributed by atoms with Gasteiger partial charge in [-0.25, -0.2) is 4.98 Å². The molecule has 1 amide bonds. The van der Waals surface area contributed by atoms with Crippen molar-refractivity contribution in [1.82, 2.24) is 9.97 Å². The summed E-state index contributed by atoms with van der Waals surface area (Å²) in [5.41, 5.74) is 13.7. The molecule has 1 saturated carbocycles. The van der Waals surface area contributed by atoms with Crippen molar-refractivity contribution < 1.29 is 4.79 Å². The van der Waals surface area contributed by atoms with Crippen LogP contribution in [0.25, 0.3) is 22.0 Å². The molecule has 3 aromatic rings. The number of nitrogens with one attached hydrogen (secondary N) is 1. The van der Waals surface area contributed by atoms with Gasteiger partial charge in [0.25, 0.3) is 0 Å². The van der Waals surface area contributed by atoms with Crippen LogP contribution in [0.4, 0.5) is 11.5 Å². The molecule has 3 N–H and O–H groups in total. The van der Waals surface area contributed by atoms with Crippen LogP contribution in [0.1, 0.15) is 62.6 Å². The minimum absolute atomic E-state index is 0. The summed E-state index contributed by atoms with van der Waals surface area (Å²) in [5.74, 6) is 0.859. The molecular weight excluding hydrogens is 470 g/mol. The Labute approximate surface area is 219 Å². The van der Waals surface area contributed by atoms with Crippen LogP contribution in [0.3, 0.4) is 0 Å². The molecule has 1 aromatic carbocycles. The van der Waals surface area contributed by atoms with Crippen molar-refractivity contribution in [2.24, 2.45) is 11.7 Å². The van der Waals surface area contributed by atoms with Crippen LogP contribution in [-0.2, 0) is 17.6 Å². The van der Waals surface area contributed by atoms with E-state index < -0.39 is 0 Å². The van der Waals surface area contributed by atoms with E-state index in [1.165, 1.54) is 48.0 Å². The van der Waals surface area contributed by atoms with Crippen molar-refractivity contribution in [2.45, 2.75) is 70.3 Å². The first-order chi connectivity index (χ1) is 17.2. The molecule has 3 heterocycles. The Bertz CT molecular complexity index is 1260. The number of carbonyl (C=O) groups excluding carboxylic acids is 1. The van der Waals surface area contributed by atoms with Crippen molar-refractivity contribution in [3.05, 3.63) is 47.8 Å². The van der Waals surface area contributed by atoms with Crippen LogP contribution in [0.15, 0.2) is 36.5 Å². The number of amides is 1. The summed E-state index contributed by atoms with van der Waals surface area (Å²) in [7, 11) is 0. The van der Waals surface area contributed by atoms with E-state index in [9.17, 15) is 4.79 Å². The number of pyridine rings is 2. The first kappa shape index (κ1) is 25.0. The molecular formula is C29H36ClN5O. The number of hydrogen-bond donors (Lipinski definition) is 2. The van der Waals surface area contributed by atoms with E-state index in [0.717, 1.165) is 68.3 Å². The standard InChI is InChI=1S/C29H35N5O.ClH/c30-22-13-15-34(18-22)28-23-8-3-1-2-4-9-25(23)32-26-11-10-20(16-24(26)28)21-12-14-31-27(17-21)33-29(35)19-6-5-7-19;/h10-12,14,16-17,19,22H,1-9,13,15,18,30H2,(H,31,33,35);1H. The van der Waals surface area contributed by atoms with E-state index >= 15 is 0 Å². The summed E-state index contributed by atoms with van der Waals surface area (Å²) >= 11 is 0. The lowest BCUT2D eigenvalue weighted by atomic mass is 9.85. The monoisotopic (exact) mass is 505 g/mol. The topological polar surface area (TPSA) is 84.1 Å². The van der Waals surface area contributed by atoms with Gasteiger partial charge < -0.3 is 16.0 Å². The van der Waals surface area contributed by atoms with Crippen LogP contribution in [-0.4, -0.2) is 35.0 Å². The molecule has 1 atom stereocenters. The second-order valence-electron chi connectivity index (χ2n) is 10.6. The Morgan fingerprint density at radius 2 is 1.78 bits per heavy atom. The predicted octanol–water partition coefficient (Wildman–Crippen LogP) is 5.65. The Kier molecular flexibility index (Phi) is 7.44. The van der Waals surface area contributed by atoms with Gasteiger partial charge in [0.15, 0.2) is 0 Å². The first-order valence-electron chi connectivity index (χ1n) is 13.4. The number of benzene rings is 1. The summed E-state index contributed by atoms with van der Waals surface area (Å²) in [6, 6.07) is 10.8. The number of carbonyl (C=O) groups is 1. The lowest BCUT2D eigenvalue weighted by Gasteiger charge is -2.27. The minimum atomic E-state index is 0. The molecule has 2 aliphatic carbocycles. The maximum Gasteiger partial charge on any atom is 0.228 e. The van der Waals surface area contributed by atoms with Crippen molar-refractivity contribution in [3.63, 3.8) is 0 Å². The maximum absolute atomic E-state index is 12.4. The van der Waals surface area contributed by atoms with Crippen LogP contribution >= 0.6 is 12.4 Å². The lowest BCUT2D eigenvalue weighted by Crippen LogP contribution is -2.28. The Morgan fingerprint density at radius 3 is 2.53 bits per heavy atom. The number of aromatic nitrogens is 2. The summed E-state index contributed by atoms with van der Waals surface area (Å²) in [6.45, 7) is 1.91. The molecule has 0 radical (unpaired) electrons. The summed E-state index contributed by atoms with van der Waals surface area (Å²) < 4.78 is 0. The number of halogens is 1. The van der Waals surface area contributed by atoms with Crippen molar-refractivity contribution in [3.8, 4) is 11.1 Å². The number of hydrogen-bond acceptors (Lipinski definition) is 5. The third-order valence-electron chi connectivity index (χ3n) is 8.09. The first-order valence-corrected chi connectivity index (χ1v) is 13.4. The highest BCUT2D eigenvalue weighted by molar-refractivity contribution is 5.97. The van der Waals surface area contributed by atoms with Crippen LogP contribution in [0.2, 0.25) is 0 Å². The fourth-order valence-corrected chi connectivity index (χ4v) is 5.86. The second-order valence-corrected chi connectivity index (χ2v) is 10.6. The van der Waals surface area contributed by atoms with Gasteiger partial charge in [-0.1, -0.05) is 25.3 Å². The third kappa shape index (κ3) is 4.94. The molecule has 1 unspecified atom stereocenters. The molecule has 36 heavy (non-hydrogen) atoms. The molecule has 2 aromatic heterocycles. The Hall–Kier alpha value is -2.70. The summed E-state index contributed by atoms with van der Waals surface area (Å²) in [5, 5.41) is 4.24. The zero-order valence-corrected chi connectivity index (χ0v) is 21.7. The Morgan fingerprint density at radius 1 is 0.972 bits per heavy atom. The molecule has 6 nitrogen and oxygen atoms in total. The van der Waals surface area contributed by atoms with Crippen LogP contribution < -0.4 is 16.0 Å². The second kappa shape index (κ2) is 10.7. The van der Waals surface area contributed by atoms with E-state index in [4.69, 9.17) is 10.7 Å². The van der Waals surface area contributed by atoms with E-state index in [1.54, 1.807) is 6.20 Å². The minimum Gasteiger partial charge on any atom is -0.369 e. The number of anilines is 2. The van der Waals surface area contributed by atoms with Gasteiger partial charge in [0, 0.05) is 42.3 Å². The van der Waals surface area contributed by atoms with Crippen LogP contribution in [0, 0.1) is 5.92 Å². The zero-order chi connectivity index (χ0) is 23.8. The zero-order valence-electron chi connectivity index (χ0n) is 20.8. The number of rotatable bonds is 4. The Balaban J connectivity index is 0.00000267. The quantitative estimate of drug-likeness (QED) is 0.478. The van der Waals surface area contributed by atoms with Gasteiger partial charge in [-0.05, 0) is 85.9 Å². The SMILES string of the molecule is Cl.NC1CCN(c2c3c(nc4ccc(-c5ccnc(NC(=O)C6CCC6)c5)cc24)CCCCCC3)C1. The highest BCUT2D eigenvalue weighted by Gasteiger charge is 2.27. The molecule has 6 rings (SSSR count). The van der Waals surface area contributed by atoms with E-state index in [1.807, 2.05) is 12.1 Å². The molecule has 190 valence electrons. The molecule has 3 aliphatic rings. The fraction of sp³-hybridized carbons (Fsp3) is 0.483. The summed E-state index contributed by atoms with van der Waals surface area (Å²) in [6.07, 6.45) is 13.1. The van der Waals surface area contributed by atoms with Crippen molar-refractivity contribution >= 4 is 40.7 Å².